The van der Waals surface area contributed by atoms with Crippen LogP contribution in [0.4, 0.5) is 0 Å². The molecule has 3 atom stereocenters. The van der Waals surface area contributed by atoms with Gasteiger partial charge in [-0.3, -0.25) is 18.6 Å². The molecule has 0 aromatic carbocycles. The molecule has 9 nitrogen and oxygen atoms in total. The molecule has 0 spiro atoms. The third kappa shape index (κ3) is 53.8. The summed E-state index contributed by atoms with van der Waals surface area (Å²) in [5.41, 5.74) is 0. The first-order valence-corrected chi connectivity index (χ1v) is 31.4. The van der Waals surface area contributed by atoms with Crippen LogP contribution in [0.15, 0.2) is 85.1 Å². The van der Waals surface area contributed by atoms with Gasteiger partial charge in [0.1, 0.15) is 19.3 Å². The average Bonchev–Trinajstić information content (AvgIpc) is 3.35. The molecule has 422 valence electrons. The van der Waals surface area contributed by atoms with E-state index < -0.39 is 25.9 Å². The molecule has 0 rings (SSSR count). The fourth-order valence-electron chi connectivity index (χ4n) is 8.15. The van der Waals surface area contributed by atoms with Crippen LogP contribution in [0.25, 0.3) is 0 Å². The van der Waals surface area contributed by atoms with Gasteiger partial charge in [0.15, 0.2) is 0 Å². The highest BCUT2D eigenvalue weighted by Crippen LogP contribution is 2.43. The molecule has 0 radical (unpaired) electrons. The summed E-state index contributed by atoms with van der Waals surface area (Å²) in [7, 11) is 1.45. The van der Waals surface area contributed by atoms with Gasteiger partial charge >= 0.3 is 13.8 Å². The van der Waals surface area contributed by atoms with Gasteiger partial charge in [0.25, 0.3) is 0 Å². The minimum absolute atomic E-state index is 0.0270. The van der Waals surface area contributed by atoms with Crippen LogP contribution in [0.2, 0.25) is 0 Å². The Kier molecular flexibility index (Phi) is 50.6. The van der Waals surface area contributed by atoms with Gasteiger partial charge in [0, 0.05) is 12.8 Å². The Labute approximate surface area is 450 Å². The van der Waals surface area contributed by atoms with E-state index in [4.69, 9.17) is 13.8 Å². The number of carbonyl (C=O) groups excluding carboxylic acids is 2. The minimum atomic E-state index is -4.46. The zero-order chi connectivity index (χ0) is 53.6. The Bertz CT molecular complexity index is 1530. The summed E-state index contributed by atoms with van der Waals surface area (Å²) in [6.07, 6.45) is 68.8. The van der Waals surface area contributed by atoms with E-state index in [9.17, 15) is 19.0 Å². The molecule has 0 fully saturated rings. The molecule has 0 aliphatic rings. The topological polar surface area (TPSA) is 111 Å². The molecule has 3 unspecified atom stereocenters. The lowest BCUT2D eigenvalue weighted by Crippen LogP contribution is -2.47. The second-order valence-electron chi connectivity index (χ2n) is 21.2. The van der Waals surface area contributed by atoms with Crippen LogP contribution in [0.5, 0.6) is 0 Å². The van der Waals surface area contributed by atoms with Crippen LogP contribution in [0, 0.1) is 0 Å². The predicted octanol–water partition coefficient (Wildman–Crippen LogP) is 18.2. The maximum atomic E-state index is 13.5. The van der Waals surface area contributed by atoms with Crippen LogP contribution in [-0.2, 0) is 27.9 Å². The normalized spacial score (nSPS) is 14.3. The Morgan fingerprint density at radius 2 is 0.849 bits per heavy atom. The van der Waals surface area contributed by atoms with E-state index in [0.717, 1.165) is 83.5 Å². The number of nitrogens with one attached hydrogen (secondary N) is 1. The predicted molar refractivity (Wildman–Crippen MR) is 314 cm³/mol. The van der Waals surface area contributed by atoms with Gasteiger partial charge in [0.2, 0.25) is 5.91 Å². The Balaban J connectivity index is 5.27. The van der Waals surface area contributed by atoms with E-state index >= 15 is 0 Å². The van der Waals surface area contributed by atoms with Crippen molar-refractivity contribution in [3.63, 3.8) is 0 Å². The van der Waals surface area contributed by atoms with Crippen LogP contribution in [-0.4, -0.2) is 74.3 Å². The van der Waals surface area contributed by atoms with Crippen molar-refractivity contribution in [1.29, 1.82) is 0 Å². The van der Waals surface area contributed by atoms with Crippen molar-refractivity contribution < 1.29 is 37.3 Å². The molecular weight excluding hydrogens is 928 g/mol. The fourth-order valence-corrected chi connectivity index (χ4v) is 8.89. The van der Waals surface area contributed by atoms with Crippen molar-refractivity contribution in [1.82, 2.24) is 5.32 Å². The third-order valence-electron chi connectivity index (χ3n) is 12.8. The molecule has 0 saturated carbocycles. The lowest BCUT2D eigenvalue weighted by Gasteiger charge is -2.27. The number of allylic oxidation sites excluding steroid dienone is 13. The lowest BCUT2D eigenvalue weighted by atomic mass is 10.1. The van der Waals surface area contributed by atoms with Gasteiger partial charge in [-0.15, -0.1) is 0 Å². The molecular formula is C63H114N2O7P+. The maximum Gasteiger partial charge on any atom is 0.472 e. The average molecular weight is 1040 g/mol. The van der Waals surface area contributed by atoms with Crippen LogP contribution in [0.1, 0.15) is 252 Å². The number of esters is 1. The largest absolute Gasteiger partial charge is 0.472 e. The lowest BCUT2D eigenvalue weighted by molar-refractivity contribution is -0.870. The Hall–Kier alpha value is -2.81. The maximum absolute atomic E-state index is 13.5. The van der Waals surface area contributed by atoms with E-state index in [1.807, 2.05) is 39.4 Å². The number of hydrogen-bond donors (Lipinski definition) is 2. The standard InChI is InChI=1S/C63H113N2O7P/c1-7-10-13-16-19-22-25-27-28-29-30-31-32-33-34-35-36-38-40-43-46-49-52-55-62(66)64-60(59-71-73(68,69)70-58-57-65(4,5)6)61(54-51-48-45-42-39-24-21-18-15-12-9-3)72-63(67)56-53-50-47-44-41-37-26-23-20-17-14-11-8-2/h19,22,27-28,30-31,33-34,37,41,47,50-51,54,60-61H,7-18,20-21,23-26,29,32,35-36,38-40,42-46,48-49,52-53,55-59H2,1-6H3,(H-,64,66,68,69)/p+1/b22-19-,28-27-,31-30-,34-33-,41-37-,50-47+,54-51-. The molecule has 10 heteroatoms. The summed E-state index contributed by atoms with van der Waals surface area (Å²) >= 11 is 0. The van der Waals surface area contributed by atoms with Gasteiger partial charge in [-0.2, -0.15) is 0 Å². The molecule has 0 aromatic heterocycles. The molecule has 2 N–H and O–H groups in total. The first-order chi connectivity index (χ1) is 35.4. The Morgan fingerprint density at radius 1 is 0.479 bits per heavy atom. The van der Waals surface area contributed by atoms with Gasteiger partial charge < -0.3 is 19.4 Å². The SMILES string of the molecule is CCCCC/C=C\C/C=C\C/C=C\C/C=C\CCCCCCCCCC(=O)NC(COP(=O)(O)OCC[N+](C)(C)C)C(/C=C\CCCCCCCCCCC)OC(=O)CC/C=C/C/C=C\CCCCCCCC. The second kappa shape index (κ2) is 52.6. The van der Waals surface area contributed by atoms with E-state index in [0.29, 0.717) is 23.9 Å². The van der Waals surface area contributed by atoms with Gasteiger partial charge in [-0.05, 0) is 96.0 Å². The minimum Gasteiger partial charge on any atom is -0.456 e. The smallest absolute Gasteiger partial charge is 0.456 e. The van der Waals surface area contributed by atoms with Crippen molar-refractivity contribution >= 4 is 19.7 Å². The third-order valence-corrected chi connectivity index (χ3v) is 13.8. The number of hydrogen-bond acceptors (Lipinski definition) is 6. The summed E-state index contributed by atoms with van der Waals surface area (Å²) in [6, 6.07) is -0.879. The number of ether oxygens (including phenoxy) is 1. The highest BCUT2D eigenvalue weighted by molar-refractivity contribution is 7.47. The van der Waals surface area contributed by atoms with Crippen molar-refractivity contribution in [2.45, 2.75) is 264 Å². The first-order valence-electron chi connectivity index (χ1n) is 29.9. The van der Waals surface area contributed by atoms with Gasteiger partial charge in [-0.1, -0.05) is 228 Å². The molecule has 73 heavy (non-hydrogen) atoms. The van der Waals surface area contributed by atoms with Crippen molar-refractivity contribution in [3.05, 3.63) is 85.1 Å². The number of unbranched alkanes of at least 4 members (excludes halogenated alkanes) is 25. The summed E-state index contributed by atoms with van der Waals surface area (Å²) in [5.74, 6) is -0.599. The van der Waals surface area contributed by atoms with E-state index in [1.54, 1.807) is 0 Å². The monoisotopic (exact) mass is 1040 g/mol. The number of rotatable bonds is 53. The molecule has 0 bridgehead atoms. The molecule has 0 aromatic rings. The van der Waals surface area contributed by atoms with Crippen molar-refractivity contribution in [2.24, 2.45) is 0 Å². The van der Waals surface area contributed by atoms with Crippen LogP contribution in [0.3, 0.4) is 0 Å². The fraction of sp³-hybridized carbons (Fsp3) is 0.746. The second-order valence-corrected chi connectivity index (χ2v) is 22.6. The van der Waals surface area contributed by atoms with E-state index in [2.05, 4.69) is 92.9 Å². The van der Waals surface area contributed by atoms with E-state index in [-0.39, 0.29) is 25.5 Å². The quantitative estimate of drug-likeness (QED) is 0.0205. The number of amides is 1. The number of quaternary nitrogens is 1. The number of phosphoric ester groups is 1. The van der Waals surface area contributed by atoms with E-state index in [1.165, 1.54) is 128 Å². The molecule has 0 heterocycles. The molecule has 0 saturated heterocycles. The van der Waals surface area contributed by atoms with Gasteiger partial charge in [0.05, 0.1) is 33.8 Å². The number of likely N-dealkylation sites (N-methyl/N-ethyl adjacent to an activating group) is 1. The van der Waals surface area contributed by atoms with Crippen molar-refractivity contribution in [2.75, 3.05) is 40.9 Å². The highest BCUT2D eigenvalue weighted by atomic mass is 31.2. The Morgan fingerprint density at radius 3 is 1.30 bits per heavy atom. The highest BCUT2D eigenvalue weighted by Gasteiger charge is 2.30. The van der Waals surface area contributed by atoms with Crippen LogP contribution >= 0.6 is 7.82 Å². The van der Waals surface area contributed by atoms with Crippen molar-refractivity contribution in [3.8, 4) is 0 Å². The summed E-state index contributed by atoms with van der Waals surface area (Å²) < 4.78 is 30.5. The molecule has 0 aliphatic heterocycles. The molecule has 1 amide bonds. The first kappa shape index (κ1) is 70.2. The number of carbonyl (C=O) groups is 2. The molecule has 0 aliphatic carbocycles. The van der Waals surface area contributed by atoms with Gasteiger partial charge in [-0.25, -0.2) is 4.57 Å². The zero-order valence-electron chi connectivity index (χ0n) is 48.1. The summed E-state index contributed by atoms with van der Waals surface area (Å²) in [4.78, 5) is 37.5. The number of phosphoric acid groups is 1. The summed E-state index contributed by atoms with van der Waals surface area (Å²) in [5, 5.41) is 3.03. The zero-order valence-corrected chi connectivity index (χ0v) is 49.0. The van der Waals surface area contributed by atoms with Crippen LogP contribution < -0.4 is 5.32 Å². The number of nitrogens with zero attached hydrogens (tertiary/aromatic N) is 1. The summed E-state index contributed by atoms with van der Waals surface area (Å²) in [6.45, 7) is 6.91.